The number of nitrogens with one attached hydrogen (secondary N) is 1. The number of anilines is 1. The molecule has 116 valence electrons. The monoisotopic (exact) mass is 325 g/mol. The first-order chi connectivity index (χ1) is 11.0. The van der Waals surface area contributed by atoms with Gasteiger partial charge in [-0.2, -0.15) is 0 Å². The maximum Gasteiger partial charge on any atom is 0.236 e. The molecule has 1 heterocycles. The summed E-state index contributed by atoms with van der Waals surface area (Å²) in [5.74, 6) is -0.341. The summed E-state index contributed by atoms with van der Waals surface area (Å²) in [5, 5.41) is 3.53. The van der Waals surface area contributed by atoms with E-state index < -0.39 is 5.41 Å². The van der Waals surface area contributed by atoms with Gasteiger partial charge in [-0.15, -0.1) is 0 Å². The van der Waals surface area contributed by atoms with Gasteiger partial charge in [-0.1, -0.05) is 48.9 Å². The Morgan fingerprint density at radius 2 is 1.87 bits per heavy atom. The Bertz CT molecular complexity index is 817. The Balaban J connectivity index is 1.97. The molecule has 0 saturated heterocycles. The lowest BCUT2D eigenvalue weighted by Crippen LogP contribution is -2.38. The zero-order valence-corrected chi connectivity index (χ0v) is 13.4. The van der Waals surface area contributed by atoms with Crippen LogP contribution in [0.3, 0.4) is 0 Å². The molecule has 2 aromatic carbocycles. The van der Waals surface area contributed by atoms with Crippen LogP contribution >= 0.6 is 11.6 Å². The predicted molar refractivity (Wildman–Crippen MR) is 89.7 cm³/mol. The Kier molecular flexibility index (Phi) is 3.10. The van der Waals surface area contributed by atoms with E-state index in [4.69, 9.17) is 11.6 Å². The van der Waals surface area contributed by atoms with Gasteiger partial charge in [0.2, 0.25) is 5.91 Å². The molecule has 0 bridgehead atoms. The third-order valence-electron chi connectivity index (χ3n) is 5.27. The van der Waals surface area contributed by atoms with E-state index in [0.29, 0.717) is 5.02 Å². The van der Waals surface area contributed by atoms with Gasteiger partial charge in [0, 0.05) is 29.0 Å². The molecule has 0 aromatic heterocycles. The number of Topliss-reactive ketones (excluding diaryl/α,β-unsaturated/α-hetero) is 1. The molecule has 1 aliphatic carbocycles. The van der Waals surface area contributed by atoms with E-state index in [0.717, 1.165) is 16.8 Å². The predicted octanol–water partition coefficient (Wildman–Crippen LogP) is 3.92. The smallest absolute Gasteiger partial charge is 0.236 e. The Labute approximate surface area is 139 Å². The number of hydrogen-bond donors (Lipinski definition) is 1. The summed E-state index contributed by atoms with van der Waals surface area (Å²) in [7, 11) is 0. The van der Waals surface area contributed by atoms with Gasteiger partial charge in [-0.05, 0) is 29.3 Å². The number of carbonyl (C=O) groups excluding carboxylic acids is 2. The number of amides is 1. The summed E-state index contributed by atoms with van der Waals surface area (Å²) in [6, 6.07) is 15.2. The van der Waals surface area contributed by atoms with Gasteiger partial charge in [-0.25, -0.2) is 0 Å². The van der Waals surface area contributed by atoms with Gasteiger partial charge in [0.25, 0.3) is 0 Å². The zero-order valence-electron chi connectivity index (χ0n) is 12.7. The molecule has 4 rings (SSSR count). The fraction of sp³-hybridized carbons (Fsp3) is 0.263. The van der Waals surface area contributed by atoms with Crippen LogP contribution in [-0.2, 0) is 15.0 Å². The highest BCUT2D eigenvalue weighted by Gasteiger charge is 2.60. The van der Waals surface area contributed by atoms with Crippen LogP contribution in [0.5, 0.6) is 0 Å². The van der Waals surface area contributed by atoms with Crippen molar-refractivity contribution in [3.63, 3.8) is 0 Å². The molecule has 1 saturated carbocycles. The lowest BCUT2D eigenvalue weighted by molar-refractivity contribution is -0.124. The van der Waals surface area contributed by atoms with Crippen molar-refractivity contribution in [3.8, 4) is 0 Å². The van der Waals surface area contributed by atoms with Crippen LogP contribution in [0.2, 0.25) is 5.02 Å². The van der Waals surface area contributed by atoms with Gasteiger partial charge >= 0.3 is 0 Å². The maximum atomic E-state index is 12.9. The molecule has 1 fully saturated rings. The summed E-state index contributed by atoms with van der Waals surface area (Å²) in [6.45, 7) is 1.92. The van der Waals surface area contributed by atoms with E-state index in [1.54, 1.807) is 6.07 Å². The highest BCUT2D eigenvalue weighted by Crippen LogP contribution is 2.57. The van der Waals surface area contributed by atoms with Crippen LogP contribution in [0.25, 0.3) is 0 Å². The van der Waals surface area contributed by atoms with E-state index >= 15 is 0 Å². The molecule has 3 nitrogen and oxygen atoms in total. The highest BCUT2D eigenvalue weighted by atomic mass is 35.5. The standard InChI is InChI=1S/C19H16ClNO2/c1-11-16(22)10-19(17(11)12-5-3-2-4-6-12)14-9-13(20)7-8-15(14)21-18(19)23/h2-9,11,17H,10H2,1H3,(H,21,23)/t11-,17-,19-/m1/s1. The molecule has 2 aromatic rings. The fourth-order valence-corrected chi connectivity index (χ4v) is 4.40. The molecular formula is C19H16ClNO2. The van der Waals surface area contributed by atoms with Crippen molar-refractivity contribution in [3.05, 3.63) is 64.7 Å². The largest absolute Gasteiger partial charge is 0.325 e. The number of benzene rings is 2. The number of fused-ring (bicyclic) bond motifs is 2. The number of ketones is 1. The van der Waals surface area contributed by atoms with Crippen molar-refractivity contribution >= 4 is 29.0 Å². The summed E-state index contributed by atoms with van der Waals surface area (Å²) in [6.07, 6.45) is 0.229. The van der Waals surface area contributed by atoms with E-state index in [-0.39, 0.29) is 29.9 Å². The Hall–Kier alpha value is -2.13. The first-order valence-corrected chi connectivity index (χ1v) is 8.11. The first kappa shape index (κ1) is 14.5. The molecule has 1 amide bonds. The highest BCUT2D eigenvalue weighted by molar-refractivity contribution is 6.31. The molecule has 23 heavy (non-hydrogen) atoms. The summed E-state index contributed by atoms with van der Waals surface area (Å²) >= 11 is 6.18. The summed E-state index contributed by atoms with van der Waals surface area (Å²) in [4.78, 5) is 25.5. The van der Waals surface area contributed by atoms with Crippen molar-refractivity contribution in [1.29, 1.82) is 0 Å². The van der Waals surface area contributed by atoms with E-state index in [2.05, 4.69) is 5.32 Å². The molecular weight excluding hydrogens is 310 g/mol. The van der Waals surface area contributed by atoms with E-state index in [1.165, 1.54) is 0 Å². The second kappa shape index (κ2) is 4.93. The first-order valence-electron chi connectivity index (χ1n) is 7.73. The van der Waals surface area contributed by atoms with Gasteiger partial charge in [-0.3, -0.25) is 9.59 Å². The Morgan fingerprint density at radius 1 is 1.13 bits per heavy atom. The van der Waals surface area contributed by atoms with Gasteiger partial charge in [0.05, 0.1) is 5.41 Å². The molecule has 1 spiro atoms. The van der Waals surface area contributed by atoms with Gasteiger partial charge in [0.15, 0.2) is 0 Å². The summed E-state index contributed by atoms with van der Waals surface area (Å²) in [5.41, 5.74) is 1.79. The number of carbonyl (C=O) groups is 2. The third-order valence-corrected chi connectivity index (χ3v) is 5.50. The Morgan fingerprint density at radius 3 is 2.61 bits per heavy atom. The summed E-state index contributed by atoms with van der Waals surface area (Å²) < 4.78 is 0. The van der Waals surface area contributed by atoms with E-state index in [9.17, 15) is 9.59 Å². The van der Waals surface area contributed by atoms with Crippen LogP contribution in [0.15, 0.2) is 48.5 Å². The number of rotatable bonds is 1. The third kappa shape index (κ3) is 1.89. The van der Waals surface area contributed by atoms with Crippen molar-refractivity contribution in [2.24, 2.45) is 5.92 Å². The second-order valence-electron chi connectivity index (χ2n) is 6.44. The van der Waals surface area contributed by atoms with Crippen molar-refractivity contribution in [1.82, 2.24) is 0 Å². The van der Waals surface area contributed by atoms with Crippen LogP contribution in [0.1, 0.15) is 30.4 Å². The number of hydrogen-bond acceptors (Lipinski definition) is 2. The van der Waals surface area contributed by atoms with Gasteiger partial charge < -0.3 is 5.32 Å². The quantitative estimate of drug-likeness (QED) is 0.863. The minimum Gasteiger partial charge on any atom is -0.325 e. The van der Waals surface area contributed by atoms with E-state index in [1.807, 2.05) is 49.4 Å². The average molecular weight is 326 g/mol. The lowest BCUT2D eigenvalue weighted by Gasteiger charge is -2.31. The topological polar surface area (TPSA) is 46.2 Å². The molecule has 0 radical (unpaired) electrons. The van der Waals surface area contributed by atoms with Crippen molar-refractivity contribution in [2.75, 3.05) is 5.32 Å². The SMILES string of the molecule is C[C@@H]1C(=O)C[C@]2(C(=O)Nc3ccc(Cl)cc32)[C@H]1c1ccccc1. The molecule has 0 unspecified atom stereocenters. The van der Waals surface area contributed by atoms with Crippen LogP contribution < -0.4 is 5.32 Å². The maximum absolute atomic E-state index is 12.9. The number of halogens is 1. The normalized spacial score (nSPS) is 29.0. The van der Waals surface area contributed by atoms with Crippen LogP contribution in [0.4, 0.5) is 5.69 Å². The fourth-order valence-electron chi connectivity index (χ4n) is 4.23. The van der Waals surface area contributed by atoms with Crippen LogP contribution in [0, 0.1) is 5.92 Å². The lowest BCUT2D eigenvalue weighted by atomic mass is 9.68. The molecule has 4 heteroatoms. The molecule has 1 aliphatic heterocycles. The average Bonchev–Trinajstić information content (AvgIpc) is 2.96. The minimum atomic E-state index is -0.849. The minimum absolute atomic E-state index is 0.0960. The molecule has 3 atom stereocenters. The van der Waals surface area contributed by atoms with Crippen molar-refractivity contribution < 1.29 is 9.59 Å². The molecule has 1 N–H and O–H groups in total. The molecule has 2 aliphatic rings. The second-order valence-corrected chi connectivity index (χ2v) is 6.87. The van der Waals surface area contributed by atoms with Crippen molar-refractivity contribution in [2.45, 2.75) is 24.7 Å². The zero-order chi connectivity index (χ0) is 16.2. The van der Waals surface area contributed by atoms with Gasteiger partial charge in [0.1, 0.15) is 5.78 Å². The van der Waals surface area contributed by atoms with Crippen LogP contribution in [-0.4, -0.2) is 11.7 Å².